The molecule has 0 spiro atoms. The van der Waals surface area contributed by atoms with Crippen LogP contribution in [0, 0.1) is 6.92 Å². The van der Waals surface area contributed by atoms with E-state index in [9.17, 15) is 9.90 Å². The van der Waals surface area contributed by atoms with Crippen LogP contribution in [-0.4, -0.2) is 57.6 Å². The molecule has 1 aliphatic rings. The van der Waals surface area contributed by atoms with Gasteiger partial charge in [0.15, 0.2) is 0 Å². The van der Waals surface area contributed by atoms with E-state index in [1.54, 1.807) is 9.58 Å². The standard InChI is InChI=1S/C13H21N3O3/c1-4-16-12(5-9(2)14-16)13(18)15-6-11(7-17)19-8-10(15)3/h5,10-11,17H,4,6-8H2,1-3H3. The molecule has 1 N–H and O–H groups in total. The van der Waals surface area contributed by atoms with Crippen molar-refractivity contribution < 1.29 is 14.6 Å². The van der Waals surface area contributed by atoms with Crippen molar-refractivity contribution >= 4 is 5.91 Å². The molecule has 2 rings (SSSR count). The summed E-state index contributed by atoms with van der Waals surface area (Å²) in [6.07, 6.45) is -0.292. The van der Waals surface area contributed by atoms with Gasteiger partial charge in [0.2, 0.25) is 0 Å². The highest BCUT2D eigenvalue weighted by Crippen LogP contribution is 2.16. The maximum absolute atomic E-state index is 12.6. The fraction of sp³-hybridized carbons (Fsp3) is 0.692. The quantitative estimate of drug-likeness (QED) is 0.862. The fourth-order valence-corrected chi connectivity index (χ4v) is 2.32. The number of rotatable bonds is 3. The molecule has 1 aliphatic heterocycles. The van der Waals surface area contributed by atoms with Gasteiger partial charge in [-0.05, 0) is 26.8 Å². The van der Waals surface area contributed by atoms with Gasteiger partial charge in [-0.15, -0.1) is 0 Å². The van der Waals surface area contributed by atoms with Crippen molar-refractivity contribution in [3.05, 3.63) is 17.5 Å². The van der Waals surface area contributed by atoms with Gasteiger partial charge in [0.25, 0.3) is 5.91 Å². The Morgan fingerprint density at radius 1 is 1.63 bits per heavy atom. The highest BCUT2D eigenvalue weighted by atomic mass is 16.5. The predicted molar refractivity (Wildman–Crippen MR) is 70.0 cm³/mol. The van der Waals surface area contributed by atoms with Crippen LogP contribution < -0.4 is 0 Å². The van der Waals surface area contributed by atoms with E-state index in [-0.39, 0.29) is 24.7 Å². The Labute approximate surface area is 113 Å². The first-order valence-electron chi connectivity index (χ1n) is 6.64. The predicted octanol–water partition coefficient (Wildman–Crippen LogP) is 0.433. The summed E-state index contributed by atoms with van der Waals surface area (Å²) in [5, 5.41) is 13.5. The van der Waals surface area contributed by atoms with Crippen molar-refractivity contribution in [2.75, 3.05) is 19.8 Å². The van der Waals surface area contributed by atoms with E-state index in [0.717, 1.165) is 5.69 Å². The highest BCUT2D eigenvalue weighted by Gasteiger charge is 2.31. The normalized spacial score (nSPS) is 23.7. The van der Waals surface area contributed by atoms with Crippen molar-refractivity contribution in [1.82, 2.24) is 14.7 Å². The zero-order valence-electron chi connectivity index (χ0n) is 11.7. The maximum Gasteiger partial charge on any atom is 0.272 e. The minimum Gasteiger partial charge on any atom is -0.394 e. The Hall–Kier alpha value is -1.40. The molecule has 0 aliphatic carbocycles. The molecule has 2 atom stereocenters. The van der Waals surface area contributed by atoms with Gasteiger partial charge in [0.05, 0.1) is 31.1 Å². The summed E-state index contributed by atoms with van der Waals surface area (Å²) in [5.41, 5.74) is 1.44. The van der Waals surface area contributed by atoms with E-state index in [1.807, 2.05) is 26.8 Å². The van der Waals surface area contributed by atoms with Crippen molar-refractivity contribution in [2.45, 2.75) is 39.5 Å². The van der Waals surface area contributed by atoms with Crippen LogP contribution in [0.1, 0.15) is 30.0 Å². The summed E-state index contributed by atoms with van der Waals surface area (Å²) in [6, 6.07) is 1.82. The number of hydrogen-bond donors (Lipinski definition) is 1. The molecular formula is C13H21N3O3. The molecule has 0 radical (unpaired) electrons. The molecule has 2 unspecified atom stereocenters. The minimum atomic E-state index is -0.292. The number of hydrogen-bond acceptors (Lipinski definition) is 4. The lowest BCUT2D eigenvalue weighted by Crippen LogP contribution is -2.52. The zero-order valence-corrected chi connectivity index (χ0v) is 11.7. The van der Waals surface area contributed by atoms with Gasteiger partial charge >= 0.3 is 0 Å². The number of aromatic nitrogens is 2. The first-order chi connectivity index (χ1) is 9.06. The SMILES string of the molecule is CCn1nc(C)cc1C(=O)N1CC(CO)OCC1C. The molecule has 0 bridgehead atoms. The molecule has 6 nitrogen and oxygen atoms in total. The second-order valence-corrected chi connectivity index (χ2v) is 4.93. The number of ether oxygens (including phenoxy) is 1. The first-order valence-corrected chi connectivity index (χ1v) is 6.64. The van der Waals surface area contributed by atoms with Crippen LogP contribution in [0.15, 0.2) is 6.07 Å². The van der Waals surface area contributed by atoms with Crippen molar-refractivity contribution in [3.8, 4) is 0 Å². The van der Waals surface area contributed by atoms with Crippen LogP contribution >= 0.6 is 0 Å². The molecule has 1 amide bonds. The number of morpholine rings is 1. The highest BCUT2D eigenvalue weighted by molar-refractivity contribution is 5.93. The summed E-state index contributed by atoms with van der Waals surface area (Å²) in [7, 11) is 0. The number of carbonyl (C=O) groups excluding carboxylic acids is 1. The van der Waals surface area contributed by atoms with Crippen molar-refractivity contribution in [1.29, 1.82) is 0 Å². The molecule has 2 heterocycles. The molecule has 106 valence electrons. The average Bonchev–Trinajstić information content (AvgIpc) is 2.79. The number of aryl methyl sites for hydroxylation is 2. The van der Waals surface area contributed by atoms with Gasteiger partial charge < -0.3 is 14.7 Å². The second kappa shape index (κ2) is 5.71. The zero-order chi connectivity index (χ0) is 14.0. The summed E-state index contributed by atoms with van der Waals surface area (Å²) in [4.78, 5) is 14.3. The Morgan fingerprint density at radius 2 is 2.37 bits per heavy atom. The molecule has 1 saturated heterocycles. The Balaban J connectivity index is 2.21. The molecular weight excluding hydrogens is 246 g/mol. The van der Waals surface area contributed by atoms with Gasteiger partial charge in [-0.1, -0.05) is 0 Å². The number of amides is 1. The van der Waals surface area contributed by atoms with Crippen molar-refractivity contribution in [2.24, 2.45) is 0 Å². The van der Waals surface area contributed by atoms with Crippen LogP contribution in [0.5, 0.6) is 0 Å². The second-order valence-electron chi connectivity index (χ2n) is 4.93. The monoisotopic (exact) mass is 267 g/mol. The van der Waals surface area contributed by atoms with Gasteiger partial charge in [-0.3, -0.25) is 9.48 Å². The van der Waals surface area contributed by atoms with Crippen LogP contribution in [0.4, 0.5) is 0 Å². The average molecular weight is 267 g/mol. The van der Waals surface area contributed by atoms with E-state index in [2.05, 4.69) is 5.10 Å². The maximum atomic E-state index is 12.6. The van der Waals surface area contributed by atoms with Crippen LogP contribution in [-0.2, 0) is 11.3 Å². The Bertz CT molecular complexity index is 458. The van der Waals surface area contributed by atoms with Gasteiger partial charge in [-0.2, -0.15) is 5.10 Å². The third kappa shape index (κ3) is 2.79. The third-order valence-electron chi connectivity index (χ3n) is 3.39. The summed E-state index contributed by atoms with van der Waals surface area (Å²) >= 11 is 0. The molecule has 1 aromatic heterocycles. The van der Waals surface area contributed by atoms with Crippen LogP contribution in [0.2, 0.25) is 0 Å². The van der Waals surface area contributed by atoms with Gasteiger partial charge in [0, 0.05) is 13.1 Å². The number of carbonyl (C=O) groups is 1. The molecule has 1 fully saturated rings. The van der Waals surface area contributed by atoms with Crippen LogP contribution in [0.3, 0.4) is 0 Å². The Kier molecular flexibility index (Phi) is 4.21. The smallest absolute Gasteiger partial charge is 0.272 e. The number of aliphatic hydroxyl groups excluding tert-OH is 1. The van der Waals surface area contributed by atoms with E-state index in [4.69, 9.17) is 4.74 Å². The van der Waals surface area contributed by atoms with Gasteiger partial charge in [0.1, 0.15) is 5.69 Å². The van der Waals surface area contributed by atoms with Gasteiger partial charge in [-0.25, -0.2) is 0 Å². The topological polar surface area (TPSA) is 67.6 Å². The molecule has 0 saturated carbocycles. The lowest BCUT2D eigenvalue weighted by Gasteiger charge is -2.37. The third-order valence-corrected chi connectivity index (χ3v) is 3.39. The molecule has 1 aromatic rings. The van der Waals surface area contributed by atoms with Crippen LogP contribution in [0.25, 0.3) is 0 Å². The lowest BCUT2D eigenvalue weighted by atomic mass is 10.2. The molecule has 6 heteroatoms. The van der Waals surface area contributed by atoms with Crippen molar-refractivity contribution in [3.63, 3.8) is 0 Å². The van der Waals surface area contributed by atoms with E-state index in [1.165, 1.54) is 0 Å². The Morgan fingerprint density at radius 3 is 3.00 bits per heavy atom. The minimum absolute atomic E-state index is 0.0100. The first kappa shape index (κ1) is 14.0. The number of nitrogens with zero attached hydrogens (tertiary/aromatic N) is 3. The summed E-state index contributed by atoms with van der Waals surface area (Å²) < 4.78 is 7.17. The fourth-order valence-electron chi connectivity index (χ4n) is 2.32. The lowest BCUT2D eigenvalue weighted by molar-refractivity contribution is -0.0670. The molecule has 19 heavy (non-hydrogen) atoms. The number of aliphatic hydroxyl groups is 1. The van der Waals surface area contributed by atoms with E-state index < -0.39 is 0 Å². The molecule has 0 aromatic carbocycles. The summed E-state index contributed by atoms with van der Waals surface area (Å²) in [6.45, 7) is 7.26. The largest absolute Gasteiger partial charge is 0.394 e. The summed E-state index contributed by atoms with van der Waals surface area (Å²) in [5.74, 6) is -0.0447. The van der Waals surface area contributed by atoms with E-state index >= 15 is 0 Å². The van der Waals surface area contributed by atoms with E-state index in [0.29, 0.717) is 25.4 Å².